The summed E-state index contributed by atoms with van der Waals surface area (Å²) in [6.07, 6.45) is 0. The number of rotatable bonds is 5. The number of hydrogen-bond donors (Lipinski definition) is 1. The number of hydrogen-bond acceptors (Lipinski definition) is 5. The van der Waals surface area contributed by atoms with Gasteiger partial charge in [-0.25, -0.2) is 9.97 Å². The molecule has 0 radical (unpaired) electrons. The molecule has 31 heavy (non-hydrogen) atoms. The third-order valence-electron chi connectivity index (χ3n) is 4.90. The number of ether oxygens (including phenoxy) is 1. The molecule has 0 spiro atoms. The van der Waals surface area contributed by atoms with E-state index in [1.165, 1.54) is 0 Å². The molecule has 0 saturated carbocycles. The number of carbonyl (C=O) groups is 1. The number of aromatic nitrogens is 4. The zero-order valence-electron chi connectivity index (χ0n) is 19.6. The Morgan fingerprint density at radius 1 is 0.968 bits per heavy atom. The lowest BCUT2D eigenvalue weighted by atomic mass is 9.93. The van der Waals surface area contributed by atoms with Crippen LogP contribution in [0.15, 0.2) is 24.3 Å². The summed E-state index contributed by atoms with van der Waals surface area (Å²) in [7, 11) is 0. The molecule has 0 unspecified atom stereocenters. The Balaban J connectivity index is 1.85. The van der Waals surface area contributed by atoms with E-state index < -0.39 is 0 Å². The number of aryl methyl sites for hydroxylation is 5. The number of anilines is 1. The average Bonchev–Trinajstić information content (AvgIpc) is 3.07. The first-order chi connectivity index (χ1) is 14.4. The molecular formula is C24H31N5O2. The average molecular weight is 422 g/mol. The summed E-state index contributed by atoms with van der Waals surface area (Å²) < 4.78 is 7.46. The van der Waals surface area contributed by atoms with Crippen molar-refractivity contribution in [2.75, 3.05) is 11.9 Å². The van der Waals surface area contributed by atoms with Gasteiger partial charge >= 0.3 is 0 Å². The Morgan fingerprint density at radius 3 is 2.10 bits per heavy atom. The van der Waals surface area contributed by atoms with Crippen LogP contribution in [-0.4, -0.2) is 32.3 Å². The minimum atomic E-state index is -0.235. The van der Waals surface area contributed by atoms with Crippen molar-refractivity contribution in [3.63, 3.8) is 0 Å². The minimum absolute atomic E-state index is 0.146. The van der Waals surface area contributed by atoms with Crippen LogP contribution in [0.1, 0.15) is 54.5 Å². The standard InChI is InChI=1S/C24H31N5O2/c1-14-9-15(2)22(16(3)10-14)27-20(30)13-31-21-12-19(24(6,7)8)28-29(21)23-25-17(4)11-18(5)26-23/h9-12H,13H2,1-8H3,(H,27,30). The maximum atomic E-state index is 12.6. The predicted octanol–water partition coefficient (Wildman–Crippen LogP) is 4.52. The fourth-order valence-electron chi connectivity index (χ4n) is 3.47. The van der Waals surface area contributed by atoms with E-state index in [-0.39, 0.29) is 17.9 Å². The van der Waals surface area contributed by atoms with Crippen molar-refractivity contribution in [3.05, 3.63) is 58.0 Å². The normalized spacial score (nSPS) is 11.5. The van der Waals surface area contributed by atoms with Crippen LogP contribution in [0.4, 0.5) is 5.69 Å². The van der Waals surface area contributed by atoms with Crippen molar-refractivity contribution < 1.29 is 9.53 Å². The summed E-state index contributed by atoms with van der Waals surface area (Å²) in [5.74, 6) is 0.623. The second-order valence-electron chi connectivity index (χ2n) is 9.09. The molecule has 1 amide bonds. The molecule has 0 fully saturated rings. The third-order valence-corrected chi connectivity index (χ3v) is 4.90. The first-order valence-electron chi connectivity index (χ1n) is 10.4. The highest BCUT2D eigenvalue weighted by molar-refractivity contribution is 5.93. The molecule has 164 valence electrons. The maximum absolute atomic E-state index is 12.6. The highest BCUT2D eigenvalue weighted by Gasteiger charge is 2.23. The molecule has 0 atom stereocenters. The molecule has 3 aromatic rings. The lowest BCUT2D eigenvalue weighted by Crippen LogP contribution is -2.22. The SMILES string of the molecule is Cc1cc(C)c(NC(=O)COc2cc(C(C)(C)C)nn2-c2nc(C)cc(C)n2)c(C)c1. The number of amides is 1. The zero-order valence-corrected chi connectivity index (χ0v) is 19.6. The molecule has 7 nitrogen and oxygen atoms in total. The maximum Gasteiger partial charge on any atom is 0.262 e. The van der Waals surface area contributed by atoms with Crippen LogP contribution in [0.5, 0.6) is 5.88 Å². The van der Waals surface area contributed by atoms with E-state index >= 15 is 0 Å². The highest BCUT2D eigenvalue weighted by atomic mass is 16.5. The second kappa shape index (κ2) is 8.49. The molecule has 7 heteroatoms. The lowest BCUT2D eigenvalue weighted by molar-refractivity contribution is -0.118. The van der Waals surface area contributed by atoms with Gasteiger partial charge in [-0.1, -0.05) is 38.5 Å². The topological polar surface area (TPSA) is 81.9 Å². The number of benzene rings is 1. The molecule has 0 saturated heterocycles. The zero-order chi connectivity index (χ0) is 22.9. The van der Waals surface area contributed by atoms with Gasteiger partial charge in [0.05, 0.1) is 5.69 Å². The summed E-state index contributed by atoms with van der Waals surface area (Å²) in [5.41, 5.74) is 6.34. The quantitative estimate of drug-likeness (QED) is 0.655. The molecule has 0 aliphatic heterocycles. The van der Waals surface area contributed by atoms with Gasteiger partial charge in [-0.05, 0) is 51.8 Å². The monoisotopic (exact) mass is 421 g/mol. The summed E-state index contributed by atoms with van der Waals surface area (Å²) in [6, 6.07) is 7.84. The van der Waals surface area contributed by atoms with Gasteiger partial charge in [-0.15, -0.1) is 0 Å². The van der Waals surface area contributed by atoms with Gasteiger partial charge in [0.1, 0.15) is 0 Å². The van der Waals surface area contributed by atoms with Gasteiger partial charge < -0.3 is 10.1 Å². The molecule has 1 aromatic carbocycles. The van der Waals surface area contributed by atoms with E-state index in [1.54, 1.807) is 4.68 Å². The number of nitrogens with one attached hydrogen (secondary N) is 1. The van der Waals surface area contributed by atoms with E-state index in [1.807, 2.05) is 58.9 Å². The van der Waals surface area contributed by atoms with Gasteiger partial charge in [0.25, 0.3) is 11.9 Å². The molecule has 0 bridgehead atoms. The van der Waals surface area contributed by atoms with Crippen LogP contribution < -0.4 is 10.1 Å². The van der Waals surface area contributed by atoms with Crippen molar-refractivity contribution in [1.82, 2.24) is 19.7 Å². The van der Waals surface area contributed by atoms with E-state index in [9.17, 15) is 4.79 Å². The molecule has 0 aliphatic carbocycles. The van der Waals surface area contributed by atoms with Crippen molar-refractivity contribution >= 4 is 11.6 Å². The Morgan fingerprint density at radius 2 is 1.55 bits per heavy atom. The van der Waals surface area contributed by atoms with Crippen molar-refractivity contribution in [2.45, 2.75) is 60.8 Å². The van der Waals surface area contributed by atoms with Gasteiger partial charge in [0.15, 0.2) is 6.61 Å². The van der Waals surface area contributed by atoms with Gasteiger partial charge in [0.2, 0.25) is 5.88 Å². The fourth-order valence-corrected chi connectivity index (χ4v) is 3.47. The Hall–Kier alpha value is -3.22. The van der Waals surface area contributed by atoms with Crippen LogP contribution in [0.2, 0.25) is 0 Å². The predicted molar refractivity (Wildman–Crippen MR) is 122 cm³/mol. The van der Waals surface area contributed by atoms with Gasteiger partial charge in [-0.3, -0.25) is 4.79 Å². The van der Waals surface area contributed by atoms with Gasteiger partial charge in [-0.2, -0.15) is 9.78 Å². The van der Waals surface area contributed by atoms with Crippen molar-refractivity contribution in [1.29, 1.82) is 0 Å². The van der Waals surface area contributed by atoms with Crippen molar-refractivity contribution in [3.8, 4) is 11.8 Å². The summed E-state index contributed by atoms with van der Waals surface area (Å²) in [5, 5.41) is 7.63. The smallest absolute Gasteiger partial charge is 0.262 e. The first kappa shape index (κ1) is 22.5. The van der Waals surface area contributed by atoms with Crippen LogP contribution >= 0.6 is 0 Å². The van der Waals surface area contributed by atoms with Crippen molar-refractivity contribution in [2.24, 2.45) is 0 Å². The third kappa shape index (κ3) is 5.29. The highest BCUT2D eigenvalue weighted by Crippen LogP contribution is 2.27. The van der Waals surface area contributed by atoms with Crippen LogP contribution in [0.3, 0.4) is 0 Å². The van der Waals surface area contributed by atoms with Crippen LogP contribution in [-0.2, 0) is 10.2 Å². The lowest BCUT2D eigenvalue weighted by Gasteiger charge is -2.13. The Labute approximate surface area is 183 Å². The van der Waals surface area contributed by atoms with E-state index in [0.29, 0.717) is 11.8 Å². The van der Waals surface area contributed by atoms with Crippen LogP contribution in [0, 0.1) is 34.6 Å². The Kier molecular flexibility index (Phi) is 6.15. The molecule has 3 rings (SSSR count). The Bertz CT molecular complexity index is 1080. The summed E-state index contributed by atoms with van der Waals surface area (Å²) in [4.78, 5) is 21.6. The number of nitrogens with zero attached hydrogens (tertiary/aromatic N) is 4. The molecule has 1 N–H and O–H groups in total. The second-order valence-corrected chi connectivity index (χ2v) is 9.09. The molecule has 2 aromatic heterocycles. The summed E-state index contributed by atoms with van der Waals surface area (Å²) in [6.45, 7) is 15.9. The summed E-state index contributed by atoms with van der Waals surface area (Å²) >= 11 is 0. The van der Waals surface area contributed by atoms with E-state index in [4.69, 9.17) is 4.74 Å². The minimum Gasteiger partial charge on any atom is -0.467 e. The van der Waals surface area contributed by atoms with Crippen LogP contribution in [0.25, 0.3) is 5.95 Å². The number of carbonyl (C=O) groups excluding carboxylic acids is 1. The van der Waals surface area contributed by atoms with E-state index in [0.717, 1.165) is 39.5 Å². The molecule has 0 aliphatic rings. The molecular weight excluding hydrogens is 390 g/mol. The van der Waals surface area contributed by atoms with E-state index in [2.05, 4.69) is 41.2 Å². The first-order valence-corrected chi connectivity index (χ1v) is 10.4. The fraction of sp³-hybridized carbons (Fsp3) is 0.417. The molecule has 2 heterocycles. The van der Waals surface area contributed by atoms with Gasteiger partial charge in [0, 0.05) is 28.6 Å². The largest absolute Gasteiger partial charge is 0.467 e.